The lowest BCUT2D eigenvalue weighted by molar-refractivity contribution is -0.155. The number of carbonyl (C=O) groups is 1. The Morgan fingerprint density at radius 2 is 1.93 bits per heavy atom. The minimum atomic E-state index is -0.599. The lowest BCUT2D eigenvalue weighted by Crippen LogP contribution is -2.35. The first-order valence-corrected chi connectivity index (χ1v) is 4.89. The van der Waals surface area contributed by atoms with E-state index in [1.807, 2.05) is 13.8 Å². The van der Waals surface area contributed by atoms with Gasteiger partial charge in [-0.05, 0) is 27.7 Å². The Bertz CT molecular complexity index is 178. The smallest absolute Gasteiger partial charge is 0.312 e. The molecule has 0 bridgehead atoms. The van der Waals surface area contributed by atoms with E-state index in [9.17, 15) is 4.79 Å². The first-order valence-electron chi connectivity index (χ1n) is 4.89. The molecular weight excluding hydrogens is 182 g/mol. The maximum atomic E-state index is 11.4. The van der Waals surface area contributed by atoms with Gasteiger partial charge in [-0.15, -0.1) is 0 Å². The van der Waals surface area contributed by atoms with Gasteiger partial charge in [0.05, 0.1) is 18.1 Å². The normalized spacial score (nSPS) is 11.9. The Hall–Kier alpha value is -0.610. The van der Waals surface area contributed by atoms with Crippen LogP contribution in [0.1, 0.15) is 27.7 Å². The molecule has 0 aromatic rings. The standard InChI is InChI=1S/C10H21NO3/c1-8(2)13-5-6-14-9(12)10(3,4)7-11/h8H,5-7,11H2,1-4H3. The molecule has 0 aromatic heterocycles. The van der Waals surface area contributed by atoms with E-state index in [0.29, 0.717) is 13.2 Å². The highest BCUT2D eigenvalue weighted by atomic mass is 16.6. The number of hydrogen-bond acceptors (Lipinski definition) is 4. The van der Waals surface area contributed by atoms with E-state index in [1.54, 1.807) is 13.8 Å². The molecule has 0 aliphatic carbocycles. The topological polar surface area (TPSA) is 61.5 Å². The quantitative estimate of drug-likeness (QED) is 0.515. The van der Waals surface area contributed by atoms with Crippen LogP contribution in [0.4, 0.5) is 0 Å². The predicted octanol–water partition coefficient (Wildman–Crippen LogP) is 0.940. The summed E-state index contributed by atoms with van der Waals surface area (Å²) in [6.07, 6.45) is 0.163. The third-order valence-corrected chi connectivity index (χ3v) is 1.83. The molecular formula is C10H21NO3. The summed E-state index contributed by atoms with van der Waals surface area (Å²) in [6, 6.07) is 0. The molecule has 0 rings (SSSR count). The molecule has 0 unspecified atom stereocenters. The number of hydrogen-bond donors (Lipinski definition) is 1. The summed E-state index contributed by atoms with van der Waals surface area (Å²) < 4.78 is 10.2. The van der Waals surface area contributed by atoms with Gasteiger partial charge in [-0.3, -0.25) is 4.79 Å². The van der Waals surface area contributed by atoms with Crippen LogP contribution in [-0.2, 0) is 14.3 Å². The van der Waals surface area contributed by atoms with Gasteiger partial charge in [0.25, 0.3) is 0 Å². The molecule has 14 heavy (non-hydrogen) atoms. The van der Waals surface area contributed by atoms with Crippen molar-refractivity contribution in [3.05, 3.63) is 0 Å². The molecule has 0 spiro atoms. The van der Waals surface area contributed by atoms with Gasteiger partial charge >= 0.3 is 5.97 Å². The molecule has 0 atom stereocenters. The van der Waals surface area contributed by atoms with Crippen LogP contribution in [-0.4, -0.2) is 31.8 Å². The second-order valence-electron chi connectivity index (χ2n) is 4.14. The van der Waals surface area contributed by atoms with E-state index in [1.165, 1.54) is 0 Å². The van der Waals surface area contributed by atoms with Gasteiger partial charge in [-0.1, -0.05) is 0 Å². The molecule has 84 valence electrons. The number of nitrogens with two attached hydrogens (primary N) is 1. The monoisotopic (exact) mass is 203 g/mol. The lowest BCUT2D eigenvalue weighted by atomic mass is 9.94. The third-order valence-electron chi connectivity index (χ3n) is 1.83. The van der Waals surface area contributed by atoms with Crippen LogP contribution in [0.25, 0.3) is 0 Å². The molecule has 4 heteroatoms. The molecule has 0 fully saturated rings. The highest BCUT2D eigenvalue weighted by Gasteiger charge is 2.27. The first kappa shape index (κ1) is 13.4. The number of carbonyl (C=O) groups excluding carboxylic acids is 1. The summed E-state index contributed by atoms with van der Waals surface area (Å²) in [5.74, 6) is -0.271. The van der Waals surface area contributed by atoms with E-state index in [2.05, 4.69) is 0 Å². The van der Waals surface area contributed by atoms with Crippen LogP contribution in [0, 0.1) is 5.41 Å². The van der Waals surface area contributed by atoms with E-state index in [4.69, 9.17) is 15.2 Å². The molecule has 0 aromatic carbocycles. The molecule has 0 aliphatic heterocycles. The largest absolute Gasteiger partial charge is 0.463 e. The van der Waals surface area contributed by atoms with Gasteiger partial charge in [0.2, 0.25) is 0 Å². The molecule has 0 aliphatic rings. The summed E-state index contributed by atoms with van der Waals surface area (Å²) >= 11 is 0. The fraction of sp³-hybridized carbons (Fsp3) is 0.900. The average Bonchev–Trinajstić information content (AvgIpc) is 2.11. The number of rotatable bonds is 6. The van der Waals surface area contributed by atoms with Crippen LogP contribution in [0.2, 0.25) is 0 Å². The van der Waals surface area contributed by atoms with Crippen molar-refractivity contribution in [3.8, 4) is 0 Å². The minimum absolute atomic E-state index is 0.163. The highest BCUT2D eigenvalue weighted by molar-refractivity contribution is 5.76. The summed E-state index contributed by atoms with van der Waals surface area (Å²) in [7, 11) is 0. The zero-order chi connectivity index (χ0) is 11.2. The van der Waals surface area contributed by atoms with Crippen LogP contribution in [0.15, 0.2) is 0 Å². The van der Waals surface area contributed by atoms with E-state index < -0.39 is 5.41 Å². The van der Waals surface area contributed by atoms with E-state index in [-0.39, 0.29) is 18.6 Å². The Morgan fingerprint density at radius 1 is 1.36 bits per heavy atom. The fourth-order valence-electron chi connectivity index (χ4n) is 0.697. The van der Waals surface area contributed by atoms with Crippen LogP contribution in [0.3, 0.4) is 0 Å². The maximum Gasteiger partial charge on any atom is 0.312 e. The van der Waals surface area contributed by atoms with Gasteiger partial charge in [0, 0.05) is 6.54 Å². The SMILES string of the molecule is CC(C)OCCOC(=O)C(C)(C)CN. The lowest BCUT2D eigenvalue weighted by Gasteiger charge is -2.20. The molecule has 0 amide bonds. The highest BCUT2D eigenvalue weighted by Crippen LogP contribution is 2.14. The number of ether oxygens (including phenoxy) is 2. The summed E-state index contributed by atoms with van der Waals surface area (Å²) in [5.41, 5.74) is 4.83. The molecule has 0 saturated carbocycles. The summed E-state index contributed by atoms with van der Waals surface area (Å²) in [4.78, 5) is 11.4. The summed E-state index contributed by atoms with van der Waals surface area (Å²) in [6.45, 7) is 8.41. The van der Waals surface area contributed by atoms with Crippen molar-refractivity contribution in [2.24, 2.45) is 11.1 Å². The molecule has 0 heterocycles. The Morgan fingerprint density at radius 3 is 2.36 bits per heavy atom. The third kappa shape index (κ3) is 5.19. The average molecular weight is 203 g/mol. The van der Waals surface area contributed by atoms with Crippen molar-refractivity contribution < 1.29 is 14.3 Å². The minimum Gasteiger partial charge on any atom is -0.463 e. The van der Waals surface area contributed by atoms with E-state index >= 15 is 0 Å². The van der Waals surface area contributed by atoms with Crippen molar-refractivity contribution in [3.63, 3.8) is 0 Å². The van der Waals surface area contributed by atoms with Crippen LogP contribution < -0.4 is 5.73 Å². The van der Waals surface area contributed by atoms with Crippen molar-refractivity contribution in [1.82, 2.24) is 0 Å². The zero-order valence-corrected chi connectivity index (χ0v) is 9.50. The van der Waals surface area contributed by atoms with Crippen molar-refractivity contribution >= 4 is 5.97 Å². The van der Waals surface area contributed by atoms with Gasteiger partial charge in [-0.2, -0.15) is 0 Å². The van der Waals surface area contributed by atoms with Gasteiger partial charge in [0.15, 0.2) is 0 Å². The first-order chi connectivity index (χ1) is 6.40. The molecule has 0 radical (unpaired) electrons. The Balaban J connectivity index is 3.64. The van der Waals surface area contributed by atoms with Crippen molar-refractivity contribution in [2.75, 3.05) is 19.8 Å². The van der Waals surface area contributed by atoms with Crippen LogP contribution >= 0.6 is 0 Å². The zero-order valence-electron chi connectivity index (χ0n) is 9.50. The van der Waals surface area contributed by atoms with Gasteiger partial charge < -0.3 is 15.2 Å². The summed E-state index contributed by atoms with van der Waals surface area (Å²) in [5, 5.41) is 0. The molecule has 4 nitrogen and oxygen atoms in total. The second kappa shape index (κ2) is 5.98. The maximum absolute atomic E-state index is 11.4. The van der Waals surface area contributed by atoms with E-state index in [0.717, 1.165) is 0 Å². The molecule has 2 N–H and O–H groups in total. The predicted molar refractivity (Wildman–Crippen MR) is 54.9 cm³/mol. The Labute approximate surface area is 85.8 Å². The Kier molecular flexibility index (Phi) is 5.72. The second-order valence-corrected chi connectivity index (χ2v) is 4.14. The van der Waals surface area contributed by atoms with Crippen molar-refractivity contribution in [1.29, 1.82) is 0 Å². The fourth-order valence-corrected chi connectivity index (χ4v) is 0.697. The molecule has 0 saturated heterocycles. The van der Waals surface area contributed by atoms with Crippen LogP contribution in [0.5, 0.6) is 0 Å². The van der Waals surface area contributed by atoms with Gasteiger partial charge in [0.1, 0.15) is 6.61 Å². The van der Waals surface area contributed by atoms with Gasteiger partial charge in [-0.25, -0.2) is 0 Å². The number of esters is 1. The van der Waals surface area contributed by atoms with Crippen molar-refractivity contribution in [2.45, 2.75) is 33.8 Å².